The van der Waals surface area contributed by atoms with Crippen LogP contribution in [0.3, 0.4) is 0 Å². The molecule has 0 amide bonds. The van der Waals surface area contributed by atoms with Crippen LogP contribution in [0.25, 0.3) is 11.0 Å². The highest BCUT2D eigenvalue weighted by Crippen LogP contribution is 2.38. The molecule has 2 aromatic carbocycles. The Balaban J connectivity index is 1.49. The molecule has 4 aromatic rings. The summed E-state index contributed by atoms with van der Waals surface area (Å²) in [5, 5.41) is 6.87. The van der Waals surface area contributed by atoms with Gasteiger partial charge in [-0.15, -0.1) is 0 Å². The average molecular weight is 621 g/mol. The predicted molar refractivity (Wildman–Crippen MR) is 176 cm³/mol. The molecule has 0 spiro atoms. The number of para-hydroxylation sites is 1. The second kappa shape index (κ2) is 13.5. The lowest BCUT2D eigenvalue weighted by Gasteiger charge is -2.34. The molecule has 44 heavy (non-hydrogen) atoms. The number of methoxy groups -OCH3 is 1. The van der Waals surface area contributed by atoms with Crippen molar-refractivity contribution >= 4 is 44.0 Å². The molecular weight excluding hydrogens is 576 g/mol. The summed E-state index contributed by atoms with van der Waals surface area (Å²) in [5.74, 6) is 2.00. The van der Waals surface area contributed by atoms with E-state index in [0.29, 0.717) is 29.0 Å². The van der Waals surface area contributed by atoms with E-state index < -0.39 is 15.1 Å². The highest BCUT2D eigenvalue weighted by Gasteiger charge is 2.25. The monoisotopic (exact) mass is 620 g/mol. The van der Waals surface area contributed by atoms with E-state index in [2.05, 4.69) is 39.6 Å². The molecule has 236 valence electrons. The van der Waals surface area contributed by atoms with Gasteiger partial charge in [-0.1, -0.05) is 12.1 Å². The summed E-state index contributed by atoms with van der Waals surface area (Å²) < 4.78 is 37.9. The summed E-state index contributed by atoms with van der Waals surface area (Å²) >= 11 is 0. The number of benzene rings is 2. The second-order valence-corrected chi connectivity index (χ2v) is 14.5. The van der Waals surface area contributed by atoms with Gasteiger partial charge in [-0.25, -0.2) is 8.42 Å². The number of sulfone groups is 1. The Kier molecular flexibility index (Phi) is 9.77. The van der Waals surface area contributed by atoms with E-state index in [1.807, 2.05) is 19.9 Å². The predicted octanol–water partition coefficient (Wildman–Crippen LogP) is 6.55. The molecule has 2 aromatic heterocycles. The third-order valence-electron chi connectivity index (χ3n) is 8.02. The number of aryl methyl sites for hydroxylation is 1. The number of aromatic amines is 1. The van der Waals surface area contributed by atoms with E-state index in [4.69, 9.17) is 19.4 Å². The minimum atomic E-state index is -3.53. The fourth-order valence-electron chi connectivity index (χ4n) is 5.74. The van der Waals surface area contributed by atoms with E-state index in [9.17, 15) is 8.42 Å². The highest BCUT2D eigenvalue weighted by molar-refractivity contribution is 7.92. The minimum Gasteiger partial charge on any atom is -0.489 e. The number of nitrogens with zero attached hydrogens (tertiary/aromatic N) is 3. The lowest BCUT2D eigenvalue weighted by atomic mass is 9.87. The Morgan fingerprint density at radius 3 is 2.61 bits per heavy atom. The highest BCUT2D eigenvalue weighted by atomic mass is 32.2. The van der Waals surface area contributed by atoms with Crippen molar-refractivity contribution < 1.29 is 17.9 Å². The summed E-state index contributed by atoms with van der Waals surface area (Å²) in [6.45, 7) is 13.3. The SMILES string of the molecule is COCCN1CCCC(c2cc(OC(C)C)c(Nc3nc(Nc4ccccc4S(=O)(=O)C(C)C)c4cc[nH]c4n3)cc2C)C1. The third kappa shape index (κ3) is 7.00. The van der Waals surface area contributed by atoms with Crippen LogP contribution in [0.5, 0.6) is 5.75 Å². The van der Waals surface area contributed by atoms with Crippen molar-refractivity contribution in [3.63, 3.8) is 0 Å². The van der Waals surface area contributed by atoms with E-state index in [-0.39, 0.29) is 11.0 Å². The molecule has 1 atom stereocenters. The molecule has 3 N–H and O–H groups in total. The number of hydrogen-bond donors (Lipinski definition) is 3. The number of nitrogens with one attached hydrogen (secondary N) is 3. The first kappa shape index (κ1) is 31.7. The van der Waals surface area contributed by atoms with Crippen LogP contribution >= 0.6 is 0 Å². The van der Waals surface area contributed by atoms with Gasteiger partial charge >= 0.3 is 0 Å². The topological polar surface area (TPSA) is 121 Å². The molecule has 11 heteroatoms. The van der Waals surface area contributed by atoms with Crippen molar-refractivity contribution in [3.8, 4) is 5.75 Å². The van der Waals surface area contributed by atoms with Crippen LogP contribution in [0.1, 0.15) is 57.6 Å². The summed E-state index contributed by atoms with van der Waals surface area (Å²) in [6.07, 6.45) is 4.04. The second-order valence-electron chi connectivity index (χ2n) is 12.0. The summed E-state index contributed by atoms with van der Waals surface area (Å²) in [7, 11) is -1.78. The first-order valence-corrected chi connectivity index (χ1v) is 16.9. The molecule has 1 saturated heterocycles. The molecular formula is C33H44N6O4S. The van der Waals surface area contributed by atoms with Gasteiger partial charge in [0.2, 0.25) is 5.95 Å². The number of ether oxygens (including phenoxy) is 2. The van der Waals surface area contributed by atoms with E-state index in [0.717, 1.165) is 55.9 Å². The molecule has 0 saturated carbocycles. The summed E-state index contributed by atoms with van der Waals surface area (Å²) in [4.78, 5) is 15.4. The quantitative estimate of drug-likeness (QED) is 0.162. The van der Waals surface area contributed by atoms with Crippen LogP contribution in [-0.2, 0) is 14.6 Å². The fraction of sp³-hybridized carbons (Fsp3) is 0.455. The van der Waals surface area contributed by atoms with Crippen molar-refractivity contribution in [1.29, 1.82) is 0 Å². The van der Waals surface area contributed by atoms with Gasteiger partial charge in [0.05, 0.1) is 39.6 Å². The van der Waals surface area contributed by atoms with E-state index >= 15 is 0 Å². The van der Waals surface area contributed by atoms with Crippen molar-refractivity contribution in [2.45, 2.75) is 69.6 Å². The first-order chi connectivity index (χ1) is 21.1. The van der Waals surface area contributed by atoms with Gasteiger partial charge in [-0.2, -0.15) is 9.97 Å². The van der Waals surface area contributed by atoms with Crippen molar-refractivity contribution in [2.75, 3.05) is 44.0 Å². The van der Waals surface area contributed by atoms with Crippen LogP contribution < -0.4 is 15.4 Å². The van der Waals surface area contributed by atoms with Crippen LogP contribution in [0.2, 0.25) is 0 Å². The van der Waals surface area contributed by atoms with Gasteiger partial charge in [0, 0.05) is 26.4 Å². The molecule has 1 aliphatic rings. The molecule has 3 heterocycles. The number of aromatic nitrogens is 3. The van der Waals surface area contributed by atoms with Gasteiger partial charge in [0.25, 0.3) is 0 Å². The Bertz CT molecular complexity index is 1700. The number of likely N-dealkylation sites (tertiary alicyclic amines) is 1. The van der Waals surface area contributed by atoms with Crippen molar-refractivity contribution in [2.24, 2.45) is 0 Å². The van der Waals surface area contributed by atoms with Gasteiger partial charge in [-0.05, 0) is 101 Å². The van der Waals surface area contributed by atoms with E-state index in [1.165, 1.54) is 11.1 Å². The molecule has 10 nitrogen and oxygen atoms in total. The number of anilines is 4. The lowest BCUT2D eigenvalue weighted by molar-refractivity contribution is 0.128. The maximum absolute atomic E-state index is 13.1. The van der Waals surface area contributed by atoms with Gasteiger partial charge in [0.15, 0.2) is 9.84 Å². The van der Waals surface area contributed by atoms with Crippen LogP contribution in [0.4, 0.5) is 23.1 Å². The Morgan fingerprint density at radius 2 is 1.86 bits per heavy atom. The molecule has 0 radical (unpaired) electrons. The Labute approximate surface area is 260 Å². The standard InChI is InChI=1S/C33H44N6O4S/c1-21(2)43-29-19-26(24-10-9-15-39(20-24)16-17-42-6)23(5)18-28(29)36-33-37-31-25(13-14-34-31)32(38-33)35-27-11-7-8-12-30(27)44(40,41)22(3)4/h7-8,11-14,18-19,21-22,24H,9-10,15-17,20H2,1-6H3,(H3,34,35,36,37,38). The van der Waals surface area contributed by atoms with Crippen LogP contribution in [-0.4, -0.2) is 73.0 Å². The summed E-state index contributed by atoms with van der Waals surface area (Å²) in [6, 6.07) is 13.1. The van der Waals surface area contributed by atoms with Crippen LogP contribution in [0, 0.1) is 6.92 Å². The normalized spacial score (nSPS) is 16.1. The zero-order valence-electron chi connectivity index (χ0n) is 26.5. The molecule has 1 fully saturated rings. The largest absolute Gasteiger partial charge is 0.489 e. The lowest BCUT2D eigenvalue weighted by Crippen LogP contribution is -2.36. The van der Waals surface area contributed by atoms with Gasteiger partial charge in [0.1, 0.15) is 17.2 Å². The van der Waals surface area contributed by atoms with Crippen LogP contribution in [0.15, 0.2) is 53.6 Å². The first-order valence-electron chi connectivity index (χ1n) is 15.3. The number of fused-ring (bicyclic) bond motifs is 1. The number of H-pyrrole nitrogens is 1. The fourth-order valence-corrected chi connectivity index (χ4v) is 6.94. The zero-order valence-corrected chi connectivity index (χ0v) is 27.3. The average Bonchev–Trinajstić information content (AvgIpc) is 3.46. The molecule has 5 rings (SSSR count). The summed E-state index contributed by atoms with van der Waals surface area (Å²) in [5.41, 5.74) is 4.32. The number of rotatable bonds is 12. The third-order valence-corrected chi connectivity index (χ3v) is 10.2. The number of piperidine rings is 1. The zero-order chi connectivity index (χ0) is 31.4. The smallest absolute Gasteiger partial charge is 0.231 e. The van der Waals surface area contributed by atoms with Gasteiger partial charge < -0.3 is 30.0 Å². The Morgan fingerprint density at radius 1 is 1.07 bits per heavy atom. The molecule has 0 bridgehead atoms. The molecule has 1 aliphatic heterocycles. The molecule has 1 unspecified atom stereocenters. The minimum absolute atomic E-state index is 0.0286. The molecule has 0 aliphatic carbocycles. The maximum atomic E-state index is 13.1. The van der Waals surface area contributed by atoms with Gasteiger partial charge in [-0.3, -0.25) is 0 Å². The van der Waals surface area contributed by atoms with Crippen molar-refractivity contribution in [3.05, 3.63) is 59.8 Å². The maximum Gasteiger partial charge on any atom is 0.231 e. The van der Waals surface area contributed by atoms with E-state index in [1.54, 1.807) is 51.4 Å². The number of hydrogen-bond acceptors (Lipinski definition) is 9. The Hall–Kier alpha value is -3.67. The van der Waals surface area contributed by atoms with Crippen molar-refractivity contribution in [1.82, 2.24) is 19.9 Å².